The van der Waals surface area contributed by atoms with Crippen molar-refractivity contribution in [1.29, 1.82) is 0 Å². The summed E-state index contributed by atoms with van der Waals surface area (Å²) in [6.45, 7) is 3.73. The number of ether oxygens (including phenoxy) is 1. The van der Waals surface area contributed by atoms with Crippen molar-refractivity contribution in [3.8, 4) is 5.75 Å². The maximum Gasteiger partial charge on any atom is 0.255 e. The van der Waals surface area contributed by atoms with E-state index in [2.05, 4.69) is 23.6 Å². The maximum absolute atomic E-state index is 12.4. The van der Waals surface area contributed by atoms with Gasteiger partial charge in [0.2, 0.25) is 0 Å². The Labute approximate surface area is 149 Å². The predicted octanol–water partition coefficient (Wildman–Crippen LogP) is 4.51. The van der Waals surface area contributed by atoms with Gasteiger partial charge in [-0.15, -0.1) is 12.4 Å². The fraction of sp³-hybridized carbons (Fsp3) is 0.316. The number of carbonyl (C=O) groups is 1. The van der Waals surface area contributed by atoms with Gasteiger partial charge in [0.1, 0.15) is 5.75 Å². The van der Waals surface area contributed by atoms with E-state index in [0.29, 0.717) is 12.2 Å². The van der Waals surface area contributed by atoms with Gasteiger partial charge in [-0.05, 0) is 61.2 Å². The Hall–Kier alpha value is -2.20. The highest BCUT2D eigenvalue weighted by atomic mass is 35.5. The molecule has 1 heterocycles. The average molecular weight is 347 g/mol. The van der Waals surface area contributed by atoms with Crippen LogP contribution in [-0.2, 0) is 6.42 Å². The molecule has 0 radical (unpaired) electrons. The maximum atomic E-state index is 12.4. The van der Waals surface area contributed by atoms with E-state index < -0.39 is 0 Å². The lowest BCUT2D eigenvalue weighted by atomic mass is 10.0. The number of nitrogens with one attached hydrogen (secondary N) is 2. The highest BCUT2D eigenvalue weighted by Gasteiger charge is 2.11. The van der Waals surface area contributed by atoms with Crippen LogP contribution in [0.4, 0.5) is 11.4 Å². The number of anilines is 2. The van der Waals surface area contributed by atoms with Crippen LogP contribution in [0.1, 0.15) is 35.7 Å². The molecule has 1 amide bonds. The Morgan fingerprint density at radius 3 is 2.96 bits per heavy atom. The lowest BCUT2D eigenvalue weighted by Crippen LogP contribution is -2.14. The summed E-state index contributed by atoms with van der Waals surface area (Å²) >= 11 is 0. The molecule has 2 N–H and O–H groups in total. The van der Waals surface area contributed by atoms with Gasteiger partial charge in [-0.3, -0.25) is 4.79 Å². The molecule has 1 aliphatic heterocycles. The molecule has 0 aromatic heterocycles. The van der Waals surface area contributed by atoms with Crippen molar-refractivity contribution in [3.63, 3.8) is 0 Å². The van der Waals surface area contributed by atoms with Gasteiger partial charge in [0, 0.05) is 23.5 Å². The number of carbonyl (C=O) groups excluding carboxylic acids is 1. The molecule has 0 fully saturated rings. The van der Waals surface area contributed by atoms with E-state index in [1.165, 1.54) is 11.3 Å². The van der Waals surface area contributed by atoms with Gasteiger partial charge >= 0.3 is 0 Å². The minimum Gasteiger partial charge on any atom is -0.494 e. The molecule has 24 heavy (non-hydrogen) atoms. The molecule has 128 valence electrons. The van der Waals surface area contributed by atoms with Gasteiger partial charge in [0.15, 0.2) is 0 Å². The van der Waals surface area contributed by atoms with Crippen LogP contribution in [-0.4, -0.2) is 19.1 Å². The predicted molar refractivity (Wildman–Crippen MR) is 101 cm³/mol. The summed E-state index contributed by atoms with van der Waals surface area (Å²) in [5.41, 5.74) is 3.87. The fourth-order valence-electron chi connectivity index (χ4n) is 2.70. The van der Waals surface area contributed by atoms with Crippen molar-refractivity contribution in [1.82, 2.24) is 0 Å². The van der Waals surface area contributed by atoms with Crippen molar-refractivity contribution in [2.45, 2.75) is 26.2 Å². The molecule has 2 aromatic carbocycles. The highest BCUT2D eigenvalue weighted by molar-refractivity contribution is 6.04. The largest absolute Gasteiger partial charge is 0.494 e. The van der Waals surface area contributed by atoms with Crippen LogP contribution >= 0.6 is 12.4 Å². The van der Waals surface area contributed by atoms with E-state index in [1.807, 2.05) is 24.3 Å². The topological polar surface area (TPSA) is 50.4 Å². The van der Waals surface area contributed by atoms with Crippen LogP contribution in [0.3, 0.4) is 0 Å². The Kier molecular flexibility index (Phi) is 6.50. The lowest BCUT2D eigenvalue weighted by Gasteiger charge is -2.18. The molecule has 4 nitrogen and oxygen atoms in total. The van der Waals surface area contributed by atoms with Crippen molar-refractivity contribution < 1.29 is 9.53 Å². The second-order valence-electron chi connectivity index (χ2n) is 5.73. The quantitative estimate of drug-likeness (QED) is 0.837. The van der Waals surface area contributed by atoms with Crippen molar-refractivity contribution in [2.24, 2.45) is 0 Å². The first-order valence-electron chi connectivity index (χ1n) is 8.17. The van der Waals surface area contributed by atoms with Gasteiger partial charge in [-0.2, -0.15) is 0 Å². The van der Waals surface area contributed by atoms with Gasteiger partial charge in [0.05, 0.1) is 6.61 Å². The van der Waals surface area contributed by atoms with Gasteiger partial charge in [0.25, 0.3) is 5.91 Å². The molecule has 0 unspecified atom stereocenters. The number of aryl methyl sites for hydroxylation is 1. The minimum absolute atomic E-state index is 0. The summed E-state index contributed by atoms with van der Waals surface area (Å²) in [5, 5.41) is 6.34. The summed E-state index contributed by atoms with van der Waals surface area (Å²) in [5.74, 6) is 0.616. The highest BCUT2D eigenvalue weighted by Crippen LogP contribution is 2.25. The second kappa shape index (κ2) is 8.60. The molecule has 0 saturated heterocycles. The van der Waals surface area contributed by atoms with E-state index in [-0.39, 0.29) is 18.3 Å². The first kappa shape index (κ1) is 18.1. The third kappa shape index (κ3) is 4.42. The molecule has 1 aliphatic rings. The Morgan fingerprint density at radius 1 is 1.25 bits per heavy atom. The third-order valence-corrected chi connectivity index (χ3v) is 3.87. The van der Waals surface area contributed by atoms with Crippen LogP contribution in [0.15, 0.2) is 42.5 Å². The molecule has 0 bridgehead atoms. The second-order valence-corrected chi connectivity index (χ2v) is 5.73. The molecule has 0 atom stereocenters. The molecule has 0 saturated carbocycles. The molecule has 3 rings (SSSR count). The zero-order valence-corrected chi connectivity index (χ0v) is 14.6. The molecule has 2 aromatic rings. The standard InChI is InChI=1S/C19H22N2O2.ClH/c1-2-11-23-17-7-3-5-15(13-17)19(22)21-16-8-9-18-14(12-16)6-4-10-20-18;/h3,5,7-9,12-13,20H,2,4,6,10-11H2,1H3,(H,21,22);1H. The number of amides is 1. The van der Waals surface area contributed by atoms with Gasteiger partial charge < -0.3 is 15.4 Å². The Morgan fingerprint density at radius 2 is 2.12 bits per heavy atom. The van der Waals surface area contributed by atoms with E-state index in [0.717, 1.165) is 37.2 Å². The summed E-state index contributed by atoms with van der Waals surface area (Å²) < 4.78 is 5.58. The lowest BCUT2D eigenvalue weighted by molar-refractivity contribution is 0.102. The zero-order chi connectivity index (χ0) is 16.1. The Balaban J connectivity index is 0.00000208. The minimum atomic E-state index is -0.115. The van der Waals surface area contributed by atoms with Crippen molar-refractivity contribution in [2.75, 3.05) is 23.8 Å². The smallest absolute Gasteiger partial charge is 0.255 e. The average Bonchev–Trinajstić information content (AvgIpc) is 2.60. The van der Waals surface area contributed by atoms with Crippen molar-refractivity contribution >= 4 is 29.7 Å². The normalized spacial score (nSPS) is 12.4. The van der Waals surface area contributed by atoms with Crippen LogP contribution in [0, 0.1) is 0 Å². The number of benzene rings is 2. The number of hydrogen-bond acceptors (Lipinski definition) is 3. The van der Waals surface area contributed by atoms with E-state index in [4.69, 9.17) is 4.74 Å². The van der Waals surface area contributed by atoms with Crippen LogP contribution in [0.2, 0.25) is 0 Å². The van der Waals surface area contributed by atoms with E-state index >= 15 is 0 Å². The zero-order valence-electron chi connectivity index (χ0n) is 13.8. The first-order valence-corrected chi connectivity index (χ1v) is 8.17. The molecule has 5 heteroatoms. The van der Waals surface area contributed by atoms with Gasteiger partial charge in [-0.25, -0.2) is 0 Å². The fourth-order valence-corrected chi connectivity index (χ4v) is 2.70. The van der Waals surface area contributed by atoms with E-state index in [9.17, 15) is 4.79 Å². The molecule has 0 aliphatic carbocycles. The summed E-state index contributed by atoms with van der Waals surface area (Å²) in [7, 11) is 0. The van der Waals surface area contributed by atoms with E-state index in [1.54, 1.807) is 12.1 Å². The summed E-state index contributed by atoms with van der Waals surface area (Å²) in [6, 6.07) is 13.3. The third-order valence-electron chi connectivity index (χ3n) is 3.87. The van der Waals surface area contributed by atoms with Crippen molar-refractivity contribution in [3.05, 3.63) is 53.6 Å². The number of rotatable bonds is 5. The van der Waals surface area contributed by atoms with Gasteiger partial charge in [-0.1, -0.05) is 13.0 Å². The van der Waals surface area contributed by atoms with Crippen LogP contribution in [0.25, 0.3) is 0 Å². The number of fused-ring (bicyclic) bond motifs is 1. The van der Waals surface area contributed by atoms with Crippen LogP contribution in [0.5, 0.6) is 5.75 Å². The molecular weight excluding hydrogens is 324 g/mol. The monoisotopic (exact) mass is 346 g/mol. The molecule has 0 spiro atoms. The summed E-state index contributed by atoms with van der Waals surface area (Å²) in [4.78, 5) is 12.4. The van der Waals surface area contributed by atoms with Crippen LogP contribution < -0.4 is 15.4 Å². The Bertz CT molecular complexity index is 704. The number of hydrogen-bond donors (Lipinski definition) is 2. The SMILES string of the molecule is CCCOc1cccc(C(=O)Nc2ccc3c(c2)CCCN3)c1.Cl. The first-order chi connectivity index (χ1) is 11.3. The molecular formula is C19H23ClN2O2. The number of halogens is 1. The summed E-state index contributed by atoms with van der Waals surface area (Å²) in [6.07, 6.45) is 3.12.